The summed E-state index contributed by atoms with van der Waals surface area (Å²) < 4.78 is 27.0. The molecule has 0 aliphatic carbocycles. The van der Waals surface area contributed by atoms with Gasteiger partial charge in [0.25, 0.3) is 11.8 Å². The second kappa shape index (κ2) is 10.5. The third kappa shape index (κ3) is 5.28. The van der Waals surface area contributed by atoms with Gasteiger partial charge in [-0.15, -0.1) is 11.3 Å². The number of carbonyl (C=O) groups excluding carboxylic acids is 2. The zero-order valence-corrected chi connectivity index (χ0v) is 22.2. The van der Waals surface area contributed by atoms with Crippen molar-refractivity contribution in [3.63, 3.8) is 0 Å². The first-order chi connectivity index (χ1) is 17.3. The molecule has 4 heterocycles. The molecule has 36 heavy (non-hydrogen) atoms. The molecular formula is C25H33N5O4S2. The second-order valence-electron chi connectivity index (χ2n) is 9.83. The van der Waals surface area contributed by atoms with E-state index in [-0.39, 0.29) is 23.6 Å². The number of aryl methyl sites for hydroxylation is 1. The van der Waals surface area contributed by atoms with Gasteiger partial charge in [-0.25, -0.2) is 13.4 Å². The molecule has 2 unspecified atom stereocenters. The highest BCUT2D eigenvalue weighted by molar-refractivity contribution is 7.92. The molecule has 5 rings (SSSR count). The van der Waals surface area contributed by atoms with E-state index in [2.05, 4.69) is 15.6 Å². The zero-order valence-electron chi connectivity index (χ0n) is 20.5. The highest BCUT2D eigenvalue weighted by Gasteiger charge is 2.34. The van der Waals surface area contributed by atoms with Gasteiger partial charge in [0.1, 0.15) is 5.01 Å². The van der Waals surface area contributed by atoms with E-state index >= 15 is 0 Å². The molecule has 11 heteroatoms. The molecule has 3 fully saturated rings. The Hall–Kier alpha value is -2.50. The van der Waals surface area contributed by atoms with E-state index in [4.69, 9.17) is 0 Å². The molecule has 194 valence electrons. The van der Waals surface area contributed by atoms with Crippen molar-refractivity contribution in [1.82, 2.24) is 20.5 Å². The summed E-state index contributed by atoms with van der Waals surface area (Å²) in [5, 5.41) is 9.16. The Balaban J connectivity index is 1.44. The van der Waals surface area contributed by atoms with Crippen LogP contribution in [0.2, 0.25) is 0 Å². The Kier molecular flexibility index (Phi) is 7.32. The number of carbonyl (C=O) groups is 2. The molecule has 2 aromatic rings. The first kappa shape index (κ1) is 25.2. The Morgan fingerprint density at radius 1 is 1.14 bits per heavy atom. The van der Waals surface area contributed by atoms with Crippen LogP contribution in [0.15, 0.2) is 23.6 Å². The van der Waals surface area contributed by atoms with Gasteiger partial charge in [0.05, 0.1) is 17.5 Å². The second-order valence-corrected chi connectivity index (χ2v) is 12.7. The lowest BCUT2D eigenvalue weighted by Crippen LogP contribution is -2.44. The Labute approximate surface area is 216 Å². The predicted octanol–water partition coefficient (Wildman–Crippen LogP) is 2.84. The van der Waals surface area contributed by atoms with E-state index in [9.17, 15) is 18.0 Å². The molecule has 3 saturated heterocycles. The molecule has 3 aliphatic rings. The number of anilines is 1. The highest BCUT2D eigenvalue weighted by atomic mass is 32.2. The number of nitrogens with zero attached hydrogens (tertiary/aromatic N) is 3. The summed E-state index contributed by atoms with van der Waals surface area (Å²) in [6.45, 7) is 4.41. The lowest BCUT2D eigenvalue weighted by molar-refractivity contribution is 0.0735. The van der Waals surface area contributed by atoms with Crippen LogP contribution in [0.5, 0.6) is 0 Å². The number of nitrogens with one attached hydrogen (secondary N) is 2. The molecule has 9 nitrogen and oxygen atoms in total. The molecule has 0 bridgehead atoms. The van der Waals surface area contributed by atoms with Crippen molar-refractivity contribution in [1.29, 1.82) is 0 Å². The van der Waals surface area contributed by atoms with E-state index in [1.165, 1.54) is 4.31 Å². The lowest BCUT2D eigenvalue weighted by Gasteiger charge is -2.30. The fourth-order valence-corrected chi connectivity index (χ4v) is 7.67. The van der Waals surface area contributed by atoms with Crippen LogP contribution in [0.4, 0.5) is 5.69 Å². The number of amides is 2. The number of likely N-dealkylation sites (tertiary alicyclic amines) is 1. The van der Waals surface area contributed by atoms with Gasteiger partial charge >= 0.3 is 0 Å². The maximum Gasteiger partial charge on any atom is 0.254 e. The third-order valence-electron chi connectivity index (χ3n) is 7.20. The number of thiazole rings is 1. The maximum absolute atomic E-state index is 13.8. The minimum absolute atomic E-state index is 0.0681. The molecule has 2 N–H and O–H groups in total. The summed E-state index contributed by atoms with van der Waals surface area (Å²) >= 11 is 1.55. The summed E-state index contributed by atoms with van der Waals surface area (Å²) in [7, 11) is -3.50. The van der Waals surface area contributed by atoms with E-state index in [0.29, 0.717) is 48.9 Å². The van der Waals surface area contributed by atoms with Gasteiger partial charge in [0.15, 0.2) is 0 Å². The summed E-state index contributed by atoms with van der Waals surface area (Å²) in [5.41, 5.74) is 1.95. The number of sulfonamides is 1. The smallest absolute Gasteiger partial charge is 0.254 e. The van der Waals surface area contributed by atoms with Crippen LogP contribution < -0.4 is 14.9 Å². The first-order valence-electron chi connectivity index (χ1n) is 12.7. The largest absolute Gasteiger partial charge is 0.352 e. The normalized spacial score (nSPS) is 23.4. The molecule has 1 aromatic carbocycles. The summed E-state index contributed by atoms with van der Waals surface area (Å²) in [6, 6.07) is 5.15. The topological polar surface area (TPSA) is 112 Å². The van der Waals surface area contributed by atoms with Crippen molar-refractivity contribution < 1.29 is 18.0 Å². The molecule has 0 saturated carbocycles. The van der Waals surface area contributed by atoms with Crippen molar-refractivity contribution >= 4 is 38.9 Å². The molecule has 2 amide bonds. The van der Waals surface area contributed by atoms with Crippen LogP contribution in [0.3, 0.4) is 0 Å². The maximum atomic E-state index is 13.8. The number of hydrogen-bond donors (Lipinski definition) is 2. The number of aromatic nitrogens is 1. The minimum atomic E-state index is -3.50. The third-order valence-corrected chi connectivity index (χ3v) is 10.1. The molecule has 0 spiro atoms. The van der Waals surface area contributed by atoms with Gasteiger partial charge < -0.3 is 15.5 Å². The quantitative estimate of drug-likeness (QED) is 0.568. The van der Waals surface area contributed by atoms with Gasteiger partial charge in [-0.2, -0.15) is 0 Å². The summed E-state index contributed by atoms with van der Waals surface area (Å²) in [4.78, 5) is 33.2. The van der Waals surface area contributed by atoms with Crippen LogP contribution in [0.25, 0.3) is 0 Å². The van der Waals surface area contributed by atoms with Crippen molar-refractivity contribution in [2.45, 2.75) is 57.5 Å². The molecule has 2 atom stereocenters. The van der Waals surface area contributed by atoms with Gasteiger partial charge in [-0.3, -0.25) is 13.9 Å². The van der Waals surface area contributed by atoms with E-state index in [1.54, 1.807) is 29.5 Å². The lowest BCUT2D eigenvalue weighted by atomic mass is 10.0. The van der Waals surface area contributed by atoms with Crippen LogP contribution in [-0.2, 0) is 10.0 Å². The average Bonchev–Trinajstić information content (AvgIpc) is 3.48. The SMILES string of the molecule is Cc1csc(C2CCCN2C(=O)c2cc(C(=O)NCCC3CCN3)cc(N3CCCCS3(=O)=O)c2)n1. The molecule has 3 aliphatic heterocycles. The fourth-order valence-electron chi connectivity index (χ4n) is 5.10. The van der Waals surface area contributed by atoms with Crippen LogP contribution in [0.1, 0.15) is 76.0 Å². The fraction of sp³-hybridized carbons (Fsp3) is 0.560. The van der Waals surface area contributed by atoms with Crippen molar-refractivity contribution in [3.8, 4) is 0 Å². The zero-order chi connectivity index (χ0) is 25.3. The average molecular weight is 532 g/mol. The summed E-state index contributed by atoms with van der Waals surface area (Å²) in [6.07, 6.45) is 5.00. The number of benzene rings is 1. The van der Waals surface area contributed by atoms with Gasteiger partial charge in [0, 0.05) is 47.9 Å². The Morgan fingerprint density at radius 3 is 2.64 bits per heavy atom. The highest BCUT2D eigenvalue weighted by Crippen LogP contribution is 2.35. The van der Waals surface area contributed by atoms with Crippen molar-refractivity contribution in [3.05, 3.63) is 45.4 Å². The van der Waals surface area contributed by atoms with E-state index in [1.807, 2.05) is 17.2 Å². The molecule has 0 radical (unpaired) electrons. The van der Waals surface area contributed by atoms with Gasteiger partial charge in [0.2, 0.25) is 10.0 Å². The van der Waals surface area contributed by atoms with E-state index < -0.39 is 10.0 Å². The summed E-state index contributed by atoms with van der Waals surface area (Å²) in [5.74, 6) is -0.430. The van der Waals surface area contributed by atoms with Gasteiger partial charge in [-0.1, -0.05) is 0 Å². The predicted molar refractivity (Wildman–Crippen MR) is 140 cm³/mol. The van der Waals surface area contributed by atoms with Crippen LogP contribution in [0, 0.1) is 6.92 Å². The van der Waals surface area contributed by atoms with Crippen LogP contribution in [-0.4, -0.2) is 68.1 Å². The monoisotopic (exact) mass is 531 g/mol. The molecular weight excluding hydrogens is 498 g/mol. The number of rotatable bonds is 7. The van der Waals surface area contributed by atoms with Crippen LogP contribution >= 0.6 is 11.3 Å². The van der Waals surface area contributed by atoms with Crippen molar-refractivity contribution in [2.75, 3.05) is 36.2 Å². The standard InChI is InChI=1S/C25H33N5O4S2/c1-17-16-35-24(28-17)22-5-4-10-29(22)25(32)19-13-18(23(31)27-9-7-20-6-8-26-20)14-21(15-19)30-11-2-3-12-36(30,33)34/h13-16,20,22,26H,2-12H2,1H3,(H,27,31). The van der Waals surface area contributed by atoms with E-state index in [0.717, 1.165) is 49.4 Å². The minimum Gasteiger partial charge on any atom is -0.352 e. The molecule has 1 aromatic heterocycles. The van der Waals surface area contributed by atoms with Gasteiger partial charge in [-0.05, 0) is 70.2 Å². The Morgan fingerprint density at radius 2 is 1.94 bits per heavy atom. The van der Waals surface area contributed by atoms with Crippen molar-refractivity contribution in [2.24, 2.45) is 0 Å². The Bertz CT molecular complexity index is 1240. The number of hydrogen-bond acceptors (Lipinski definition) is 7. The first-order valence-corrected chi connectivity index (χ1v) is 15.2.